The Morgan fingerprint density at radius 1 is 1.20 bits per heavy atom. The third-order valence-electron chi connectivity index (χ3n) is 5.46. The number of fused-ring (bicyclic) bond motifs is 1. The Kier molecular flexibility index (Phi) is 4.28. The minimum absolute atomic E-state index is 0.275. The fourth-order valence-corrected chi connectivity index (χ4v) is 4.08. The zero-order valence-electron chi connectivity index (χ0n) is 14.7. The molecule has 2 saturated heterocycles. The molecule has 3 rings (SSSR count). The van der Waals surface area contributed by atoms with Crippen molar-refractivity contribution in [2.45, 2.75) is 24.9 Å². The molecule has 7 nitrogen and oxygen atoms in total. The molecule has 0 aliphatic carbocycles. The van der Waals surface area contributed by atoms with Crippen LogP contribution in [0.1, 0.15) is 24.9 Å². The number of methoxy groups -OCH3 is 2. The minimum Gasteiger partial charge on any atom is -0.497 e. The lowest BCUT2D eigenvalue weighted by Gasteiger charge is -2.30. The predicted octanol–water partition coefficient (Wildman–Crippen LogP) is 0.892. The van der Waals surface area contributed by atoms with E-state index < -0.39 is 29.4 Å². The molecule has 1 aromatic rings. The molecule has 2 fully saturated rings. The van der Waals surface area contributed by atoms with Crippen LogP contribution < -0.4 is 10.1 Å². The average Bonchev–Trinajstić information content (AvgIpc) is 3.11. The molecule has 2 amide bonds. The lowest BCUT2D eigenvalue weighted by molar-refractivity contribution is -0.154. The molecule has 7 heteroatoms. The zero-order valence-corrected chi connectivity index (χ0v) is 14.7. The third kappa shape index (κ3) is 2.33. The van der Waals surface area contributed by atoms with Gasteiger partial charge in [-0.1, -0.05) is 19.1 Å². The van der Waals surface area contributed by atoms with E-state index in [0.717, 1.165) is 10.5 Å². The van der Waals surface area contributed by atoms with E-state index in [1.54, 1.807) is 19.2 Å². The number of esters is 1. The average molecular weight is 346 g/mol. The summed E-state index contributed by atoms with van der Waals surface area (Å²) in [5.74, 6) is -1.84. The number of carbonyl (C=O) groups excluding carboxylic acids is 3. The van der Waals surface area contributed by atoms with Crippen LogP contribution in [0.25, 0.3) is 0 Å². The standard InChI is InChI=1S/C18H22N2O5/c1-5-18(17(23)25-4)13-12(15(21)20(2)16(13)22)14(19-18)10-6-8-11(24-3)9-7-10/h6-9,12-14,19H,5H2,1-4H3/t12-,13+,14-,18-/m0/s1. The van der Waals surface area contributed by atoms with Crippen LogP contribution >= 0.6 is 0 Å². The summed E-state index contributed by atoms with van der Waals surface area (Å²) in [5, 5.41) is 3.26. The number of hydrogen-bond donors (Lipinski definition) is 1. The lowest BCUT2D eigenvalue weighted by Crippen LogP contribution is -2.55. The van der Waals surface area contributed by atoms with Gasteiger partial charge in [0.1, 0.15) is 11.3 Å². The Balaban J connectivity index is 2.09. The van der Waals surface area contributed by atoms with Crippen molar-refractivity contribution in [1.29, 1.82) is 0 Å². The van der Waals surface area contributed by atoms with Gasteiger partial charge in [-0.15, -0.1) is 0 Å². The fraction of sp³-hybridized carbons (Fsp3) is 0.500. The highest BCUT2D eigenvalue weighted by Gasteiger charge is 2.67. The lowest BCUT2D eigenvalue weighted by atomic mass is 9.78. The number of likely N-dealkylation sites (tertiary alicyclic amines) is 1. The van der Waals surface area contributed by atoms with Crippen molar-refractivity contribution in [2.24, 2.45) is 11.8 Å². The molecular weight excluding hydrogens is 324 g/mol. The van der Waals surface area contributed by atoms with Crippen LogP contribution in [0.15, 0.2) is 24.3 Å². The van der Waals surface area contributed by atoms with E-state index in [2.05, 4.69) is 5.32 Å². The summed E-state index contributed by atoms with van der Waals surface area (Å²) in [6, 6.07) is 6.82. The number of benzene rings is 1. The maximum atomic E-state index is 12.7. The van der Waals surface area contributed by atoms with Crippen molar-refractivity contribution in [1.82, 2.24) is 10.2 Å². The van der Waals surface area contributed by atoms with Gasteiger partial charge in [-0.25, -0.2) is 0 Å². The van der Waals surface area contributed by atoms with Gasteiger partial charge < -0.3 is 9.47 Å². The third-order valence-corrected chi connectivity index (χ3v) is 5.46. The SMILES string of the molecule is CC[C@]1(C(=O)OC)N[C@@H](c2ccc(OC)cc2)[C@H]2C(=O)N(C)C(=O)[C@@H]21. The molecule has 0 aromatic heterocycles. The second-order valence-corrected chi connectivity index (χ2v) is 6.45. The van der Waals surface area contributed by atoms with Crippen LogP contribution in [0.5, 0.6) is 5.75 Å². The van der Waals surface area contributed by atoms with Crippen LogP contribution in [0.3, 0.4) is 0 Å². The molecule has 2 aliphatic heterocycles. The molecule has 0 saturated carbocycles. The molecule has 0 bridgehead atoms. The summed E-state index contributed by atoms with van der Waals surface area (Å²) in [7, 11) is 4.33. The molecule has 1 aromatic carbocycles. The minimum atomic E-state index is -1.21. The second-order valence-electron chi connectivity index (χ2n) is 6.45. The van der Waals surface area contributed by atoms with Gasteiger partial charge in [0.15, 0.2) is 0 Å². The summed E-state index contributed by atoms with van der Waals surface area (Å²) >= 11 is 0. The van der Waals surface area contributed by atoms with E-state index >= 15 is 0 Å². The summed E-state index contributed by atoms with van der Waals surface area (Å²) in [6.07, 6.45) is 0.348. The fourth-order valence-electron chi connectivity index (χ4n) is 4.08. The molecule has 0 spiro atoms. The molecule has 0 radical (unpaired) electrons. The van der Waals surface area contributed by atoms with Crippen molar-refractivity contribution in [3.8, 4) is 5.75 Å². The maximum absolute atomic E-state index is 12.7. The van der Waals surface area contributed by atoms with Gasteiger partial charge >= 0.3 is 5.97 Å². The van der Waals surface area contributed by atoms with Crippen LogP contribution in [-0.4, -0.2) is 49.5 Å². The molecular formula is C18H22N2O5. The van der Waals surface area contributed by atoms with Gasteiger partial charge in [-0.2, -0.15) is 0 Å². The van der Waals surface area contributed by atoms with E-state index in [4.69, 9.17) is 9.47 Å². The van der Waals surface area contributed by atoms with Crippen molar-refractivity contribution < 1.29 is 23.9 Å². The maximum Gasteiger partial charge on any atom is 0.326 e. The van der Waals surface area contributed by atoms with Crippen LogP contribution in [0.2, 0.25) is 0 Å². The van der Waals surface area contributed by atoms with E-state index in [9.17, 15) is 14.4 Å². The highest BCUT2D eigenvalue weighted by Crippen LogP contribution is 2.50. The van der Waals surface area contributed by atoms with Gasteiger partial charge in [-0.3, -0.25) is 24.6 Å². The highest BCUT2D eigenvalue weighted by atomic mass is 16.5. The number of rotatable bonds is 4. The summed E-state index contributed by atoms with van der Waals surface area (Å²) in [6.45, 7) is 1.81. The Labute approximate surface area is 146 Å². The number of nitrogens with zero attached hydrogens (tertiary/aromatic N) is 1. The van der Waals surface area contributed by atoms with Crippen LogP contribution in [-0.2, 0) is 19.1 Å². The van der Waals surface area contributed by atoms with E-state index in [-0.39, 0.29) is 11.8 Å². The smallest absolute Gasteiger partial charge is 0.326 e. The Bertz CT molecular complexity index is 717. The summed E-state index contributed by atoms with van der Waals surface area (Å²) in [5.41, 5.74) is -0.381. The van der Waals surface area contributed by atoms with Gasteiger partial charge in [0.05, 0.1) is 26.1 Å². The first-order valence-electron chi connectivity index (χ1n) is 8.22. The van der Waals surface area contributed by atoms with Gasteiger partial charge in [0, 0.05) is 13.1 Å². The Morgan fingerprint density at radius 3 is 2.36 bits per heavy atom. The molecule has 0 unspecified atom stereocenters. The summed E-state index contributed by atoms with van der Waals surface area (Å²) < 4.78 is 10.1. The largest absolute Gasteiger partial charge is 0.497 e. The monoisotopic (exact) mass is 346 g/mol. The second kappa shape index (κ2) is 6.15. The van der Waals surface area contributed by atoms with Gasteiger partial charge in [0.2, 0.25) is 11.8 Å². The normalized spacial score (nSPS) is 31.2. The van der Waals surface area contributed by atoms with Crippen LogP contribution in [0, 0.1) is 11.8 Å². The number of hydrogen-bond acceptors (Lipinski definition) is 6. The van der Waals surface area contributed by atoms with E-state index in [0.29, 0.717) is 12.2 Å². The Hall–Kier alpha value is -2.41. The van der Waals surface area contributed by atoms with Crippen molar-refractivity contribution in [2.75, 3.05) is 21.3 Å². The van der Waals surface area contributed by atoms with Crippen molar-refractivity contribution in [3.63, 3.8) is 0 Å². The van der Waals surface area contributed by atoms with Crippen molar-refractivity contribution in [3.05, 3.63) is 29.8 Å². The quantitative estimate of drug-likeness (QED) is 0.644. The first kappa shape index (κ1) is 17.4. The number of imide groups is 1. The number of nitrogens with one attached hydrogen (secondary N) is 1. The number of carbonyl (C=O) groups is 3. The number of ether oxygens (including phenoxy) is 2. The molecule has 134 valence electrons. The predicted molar refractivity (Wildman–Crippen MR) is 88.7 cm³/mol. The molecule has 4 atom stereocenters. The van der Waals surface area contributed by atoms with Gasteiger partial charge in [-0.05, 0) is 24.1 Å². The van der Waals surface area contributed by atoms with Gasteiger partial charge in [0.25, 0.3) is 0 Å². The van der Waals surface area contributed by atoms with E-state index in [1.807, 2.05) is 19.1 Å². The molecule has 2 aliphatic rings. The molecule has 25 heavy (non-hydrogen) atoms. The number of amides is 2. The van der Waals surface area contributed by atoms with Crippen molar-refractivity contribution >= 4 is 17.8 Å². The first-order chi connectivity index (χ1) is 11.9. The topological polar surface area (TPSA) is 84.9 Å². The highest BCUT2D eigenvalue weighted by molar-refractivity contribution is 6.09. The first-order valence-corrected chi connectivity index (χ1v) is 8.22. The zero-order chi connectivity index (χ0) is 18.4. The molecule has 2 heterocycles. The Morgan fingerprint density at radius 2 is 1.84 bits per heavy atom. The van der Waals surface area contributed by atoms with E-state index in [1.165, 1.54) is 14.2 Å². The van der Waals surface area contributed by atoms with Crippen LogP contribution in [0.4, 0.5) is 0 Å². The summed E-state index contributed by atoms with van der Waals surface area (Å²) in [4.78, 5) is 39.1. The molecule has 1 N–H and O–H groups in total.